The standard InChI is InChI=1S/C13H19N3O2/c1-9-6-7-16(8-11(9)18-2)13(17)10-4-3-5-12(14)15-10/h3-5,9,11H,6-8H2,1-2H3,(H2,14,15). The van der Waals surface area contributed by atoms with Crippen LogP contribution in [-0.4, -0.2) is 42.1 Å². The second-order valence-corrected chi connectivity index (χ2v) is 4.74. The molecule has 0 bridgehead atoms. The van der Waals surface area contributed by atoms with Crippen LogP contribution >= 0.6 is 0 Å². The number of carbonyl (C=O) groups excluding carboxylic acids is 1. The van der Waals surface area contributed by atoms with Gasteiger partial charge in [-0.3, -0.25) is 4.79 Å². The highest BCUT2D eigenvalue weighted by Crippen LogP contribution is 2.20. The maximum absolute atomic E-state index is 12.3. The summed E-state index contributed by atoms with van der Waals surface area (Å²) < 4.78 is 5.40. The summed E-state index contributed by atoms with van der Waals surface area (Å²) in [5.74, 6) is 0.777. The van der Waals surface area contributed by atoms with Gasteiger partial charge in [-0.25, -0.2) is 4.98 Å². The molecule has 1 amide bonds. The molecule has 1 fully saturated rings. The number of nitrogens with zero attached hydrogens (tertiary/aromatic N) is 2. The van der Waals surface area contributed by atoms with Crippen molar-refractivity contribution < 1.29 is 9.53 Å². The van der Waals surface area contributed by atoms with Crippen molar-refractivity contribution in [3.05, 3.63) is 23.9 Å². The van der Waals surface area contributed by atoms with Crippen molar-refractivity contribution in [1.82, 2.24) is 9.88 Å². The number of piperidine rings is 1. The van der Waals surface area contributed by atoms with E-state index in [2.05, 4.69) is 11.9 Å². The number of pyridine rings is 1. The molecule has 1 saturated heterocycles. The molecule has 5 heteroatoms. The summed E-state index contributed by atoms with van der Waals surface area (Å²) in [6.07, 6.45) is 1.05. The van der Waals surface area contributed by atoms with Crippen LogP contribution in [0, 0.1) is 5.92 Å². The Bertz CT molecular complexity index is 436. The fourth-order valence-electron chi connectivity index (χ4n) is 2.26. The number of nitrogens with two attached hydrogens (primary N) is 1. The zero-order valence-corrected chi connectivity index (χ0v) is 10.8. The minimum atomic E-state index is -0.0729. The van der Waals surface area contributed by atoms with Gasteiger partial charge in [-0.2, -0.15) is 0 Å². The first-order valence-corrected chi connectivity index (χ1v) is 6.16. The quantitative estimate of drug-likeness (QED) is 0.854. The second kappa shape index (κ2) is 5.35. The Labute approximate surface area is 107 Å². The molecule has 0 saturated carbocycles. The number of likely N-dealkylation sites (tertiary alicyclic amines) is 1. The van der Waals surface area contributed by atoms with Crippen LogP contribution in [0.25, 0.3) is 0 Å². The predicted octanol–water partition coefficient (Wildman–Crippen LogP) is 1.16. The lowest BCUT2D eigenvalue weighted by Crippen LogP contribution is -2.46. The molecule has 1 aliphatic heterocycles. The van der Waals surface area contributed by atoms with Crippen LogP contribution in [0.15, 0.2) is 18.2 Å². The molecule has 1 aliphatic rings. The van der Waals surface area contributed by atoms with Gasteiger partial charge in [-0.1, -0.05) is 13.0 Å². The molecule has 1 aromatic heterocycles. The van der Waals surface area contributed by atoms with Crippen LogP contribution in [0.1, 0.15) is 23.8 Å². The van der Waals surface area contributed by atoms with E-state index in [1.807, 2.05) is 0 Å². The zero-order chi connectivity index (χ0) is 13.1. The van der Waals surface area contributed by atoms with E-state index < -0.39 is 0 Å². The monoisotopic (exact) mass is 249 g/mol. The number of rotatable bonds is 2. The zero-order valence-electron chi connectivity index (χ0n) is 10.8. The molecule has 5 nitrogen and oxygen atoms in total. The number of amides is 1. The molecule has 0 radical (unpaired) electrons. The van der Waals surface area contributed by atoms with Crippen LogP contribution in [0.3, 0.4) is 0 Å². The molecule has 18 heavy (non-hydrogen) atoms. The fraction of sp³-hybridized carbons (Fsp3) is 0.538. The topological polar surface area (TPSA) is 68.5 Å². The molecule has 0 aromatic carbocycles. The number of hydrogen-bond donors (Lipinski definition) is 1. The highest BCUT2D eigenvalue weighted by atomic mass is 16.5. The number of carbonyl (C=O) groups is 1. The van der Waals surface area contributed by atoms with Gasteiger partial charge >= 0.3 is 0 Å². The normalized spacial score (nSPS) is 24.0. The van der Waals surface area contributed by atoms with Crippen LogP contribution in [0.2, 0.25) is 0 Å². The average Bonchev–Trinajstić information content (AvgIpc) is 2.38. The lowest BCUT2D eigenvalue weighted by atomic mass is 9.95. The van der Waals surface area contributed by atoms with E-state index in [-0.39, 0.29) is 12.0 Å². The fourth-order valence-corrected chi connectivity index (χ4v) is 2.26. The van der Waals surface area contributed by atoms with Crippen LogP contribution in [0.4, 0.5) is 5.82 Å². The van der Waals surface area contributed by atoms with Crippen LogP contribution < -0.4 is 5.73 Å². The molecule has 98 valence electrons. The molecule has 2 heterocycles. The largest absolute Gasteiger partial charge is 0.384 e. The number of aromatic nitrogens is 1. The first-order chi connectivity index (χ1) is 8.61. The van der Waals surface area contributed by atoms with Gasteiger partial charge in [-0.15, -0.1) is 0 Å². The van der Waals surface area contributed by atoms with Gasteiger partial charge in [0.1, 0.15) is 11.5 Å². The number of hydrogen-bond acceptors (Lipinski definition) is 4. The Morgan fingerprint density at radius 3 is 3.00 bits per heavy atom. The van der Waals surface area contributed by atoms with E-state index >= 15 is 0 Å². The predicted molar refractivity (Wildman–Crippen MR) is 69.1 cm³/mol. The van der Waals surface area contributed by atoms with Crippen LogP contribution in [-0.2, 0) is 4.74 Å². The summed E-state index contributed by atoms with van der Waals surface area (Å²) in [6.45, 7) is 3.51. The summed E-state index contributed by atoms with van der Waals surface area (Å²) in [6, 6.07) is 5.11. The molecule has 2 rings (SSSR count). The number of nitrogen functional groups attached to an aromatic ring is 1. The van der Waals surface area contributed by atoms with E-state index in [4.69, 9.17) is 10.5 Å². The van der Waals surface area contributed by atoms with E-state index in [0.717, 1.165) is 13.0 Å². The van der Waals surface area contributed by atoms with Crippen molar-refractivity contribution in [1.29, 1.82) is 0 Å². The Kier molecular flexibility index (Phi) is 3.81. The smallest absolute Gasteiger partial charge is 0.272 e. The maximum atomic E-state index is 12.3. The van der Waals surface area contributed by atoms with Gasteiger partial charge in [0.2, 0.25) is 0 Å². The van der Waals surface area contributed by atoms with Gasteiger partial charge in [0.25, 0.3) is 5.91 Å². The van der Waals surface area contributed by atoms with Gasteiger partial charge < -0.3 is 15.4 Å². The summed E-state index contributed by atoms with van der Waals surface area (Å²) in [5, 5.41) is 0. The lowest BCUT2D eigenvalue weighted by Gasteiger charge is -2.36. The third kappa shape index (κ3) is 2.61. The highest BCUT2D eigenvalue weighted by Gasteiger charge is 2.29. The Balaban J connectivity index is 2.10. The summed E-state index contributed by atoms with van der Waals surface area (Å²) >= 11 is 0. The van der Waals surface area contributed by atoms with E-state index in [9.17, 15) is 4.79 Å². The van der Waals surface area contributed by atoms with Gasteiger partial charge in [0, 0.05) is 20.2 Å². The van der Waals surface area contributed by atoms with Crippen molar-refractivity contribution in [2.45, 2.75) is 19.4 Å². The molecular weight excluding hydrogens is 230 g/mol. The minimum Gasteiger partial charge on any atom is -0.384 e. The SMILES string of the molecule is COC1CN(C(=O)c2cccc(N)n2)CCC1C. The third-order valence-corrected chi connectivity index (χ3v) is 3.47. The molecule has 2 N–H and O–H groups in total. The van der Waals surface area contributed by atoms with Crippen molar-refractivity contribution >= 4 is 11.7 Å². The maximum Gasteiger partial charge on any atom is 0.272 e. The van der Waals surface area contributed by atoms with Gasteiger partial charge in [-0.05, 0) is 24.5 Å². The van der Waals surface area contributed by atoms with Gasteiger partial charge in [0.05, 0.1) is 6.10 Å². The van der Waals surface area contributed by atoms with Crippen LogP contribution in [0.5, 0.6) is 0 Å². The number of methoxy groups -OCH3 is 1. The third-order valence-electron chi connectivity index (χ3n) is 3.47. The summed E-state index contributed by atoms with van der Waals surface area (Å²) in [5.41, 5.74) is 6.00. The summed E-state index contributed by atoms with van der Waals surface area (Å²) in [7, 11) is 1.69. The Hall–Kier alpha value is -1.62. The molecule has 0 spiro atoms. The molecular formula is C13H19N3O2. The Morgan fingerprint density at radius 1 is 1.56 bits per heavy atom. The first-order valence-electron chi connectivity index (χ1n) is 6.16. The van der Waals surface area contributed by atoms with E-state index in [0.29, 0.717) is 24.0 Å². The van der Waals surface area contributed by atoms with Gasteiger partial charge in [0.15, 0.2) is 0 Å². The van der Waals surface area contributed by atoms with Crippen molar-refractivity contribution in [2.24, 2.45) is 5.92 Å². The number of ether oxygens (including phenoxy) is 1. The summed E-state index contributed by atoms with van der Waals surface area (Å²) in [4.78, 5) is 18.1. The first kappa shape index (κ1) is 12.8. The van der Waals surface area contributed by atoms with Crippen molar-refractivity contribution in [3.8, 4) is 0 Å². The minimum absolute atomic E-state index is 0.0729. The van der Waals surface area contributed by atoms with Crippen molar-refractivity contribution in [3.63, 3.8) is 0 Å². The number of anilines is 1. The van der Waals surface area contributed by atoms with E-state index in [1.54, 1.807) is 30.2 Å². The average molecular weight is 249 g/mol. The molecule has 2 atom stereocenters. The van der Waals surface area contributed by atoms with E-state index in [1.165, 1.54) is 0 Å². The highest BCUT2D eigenvalue weighted by molar-refractivity contribution is 5.92. The van der Waals surface area contributed by atoms with Crippen molar-refractivity contribution in [2.75, 3.05) is 25.9 Å². The molecule has 2 unspecified atom stereocenters. The molecule has 0 aliphatic carbocycles. The lowest BCUT2D eigenvalue weighted by molar-refractivity contribution is -0.00176. The Morgan fingerprint density at radius 2 is 2.33 bits per heavy atom. The molecule has 1 aromatic rings. The second-order valence-electron chi connectivity index (χ2n) is 4.74.